The van der Waals surface area contributed by atoms with Crippen LogP contribution in [0.25, 0.3) is 0 Å². The normalized spacial score (nSPS) is 11.8. The molecule has 0 saturated carbocycles. The lowest BCUT2D eigenvalue weighted by Crippen LogP contribution is -2.33. The first-order chi connectivity index (χ1) is 9.66. The number of carboxylic acid groups (broad SMARTS) is 1. The molecule has 1 amide bonds. The number of nitrogens with one attached hydrogen (secondary N) is 1. The van der Waals surface area contributed by atoms with Crippen molar-refractivity contribution in [1.29, 1.82) is 0 Å². The average molecular weight is 289 g/mol. The third kappa shape index (κ3) is 3.93. The number of hydrogen-bond acceptors (Lipinski definition) is 3. The summed E-state index contributed by atoms with van der Waals surface area (Å²) in [5.41, 5.74) is 0.574. The van der Waals surface area contributed by atoms with E-state index in [4.69, 9.17) is 0 Å². The van der Waals surface area contributed by atoms with Crippen LogP contribution in [0.2, 0.25) is 0 Å². The van der Waals surface area contributed by atoms with Crippen molar-refractivity contribution < 1.29 is 14.7 Å². The van der Waals surface area contributed by atoms with E-state index in [-0.39, 0.29) is 12.3 Å². The molecule has 0 aliphatic heterocycles. The number of rotatable bonds is 6. The highest BCUT2D eigenvalue weighted by Crippen LogP contribution is 2.14. The van der Waals surface area contributed by atoms with E-state index in [0.29, 0.717) is 12.0 Å². The van der Waals surface area contributed by atoms with E-state index < -0.39 is 12.0 Å². The van der Waals surface area contributed by atoms with E-state index in [0.717, 1.165) is 4.88 Å². The number of aliphatic carboxylic acids is 1. The van der Waals surface area contributed by atoms with Crippen molar-refractivity contribution in [1.82, 2.24) is 5.32 Å². The molecule has 2 aromatic rings. The maximum atomic E-state index is 11.9. The van der Waals surface area contributed by atoms with Gasteiger partial charge in [-0.2, -0.15) is 0 Å². The second kappa shape index (κ2) is 6.86. The van der Waals surface area contributed by atoms with Crippen LogP contribution in [0.3, 0.4) is 0 Å². The Hall–Kier alpha value is -2.14. The number of amides is 1. The molecular formula is C15H15NO3S. The van der Waals surface area contributed by atoms with Gasteiger partial charge in [-0.1, -0.05) is 36.4 Å². The van der Waals surface area contributed by atoms with Gasteiger partial charge in [-0.3, -0.25) is 4.79 Å². The van der Waals surface area contributed by atoms with Gasteiger partial charge in [0.2, 0.25) is 5.91 Å². The van der Waals surface area contributed by atoms with Gasteiger partial charge in [-0.05, 0) is 23.4 Å². The maximum absolute atomic E-state index is 11.9. The molecule has 4 nitrogen and oxygen atoms in total. The van der Waals surface area contributed by atoms with E-state index in [1.807, 2.05) is 17.5 Å². The van der Waals surface area contributed by atoms with Gasteiger partial charge in [-0.15, -0.1) is 11.3 Å². The van der Waals surface area contributed by atoms with Crippen molar-refractivity contribution in [3.8, 4) is 0 Å². The number of carbonyl (C=O) groups excluding carboxylic acids is 1. The Morgan fingerprint density at radius 3 is 2.50 bits per heavy atom. The van der Waals surface area contributed by atoms with Crippen LogP contribution in [0.5, 0.6) is 0 Å². The van der Waals surface area contributed by atoms with Crippen LogP contribution in [0.4, 0.5) is 0 Å². The summed E-state index contributed by atoms with van der Waals surface area (Å²) < 4.78 is 0. The highest BCUT2D eigenvalue weighted by molar-refractivity contribution is 7.09. The maximum Gasteiger partial charge on any atom is 0.330 e. The molecule has 0 aliphatic rings. The molecule has 0 spiro atoms. The van der Waals surface area contributed by atoms with E-state index in [2.05, 4.69) is 5.32 Å². The van der Waals surface area contributed by atoms with Gasteiger partial charge in [0, 0.05) is 11.3 Å². The number of thiophene rings is 1. The van der Waals surface area contributed by atoms with Crippen molar-refractivity contribution in [2.24, 2.45) is 0 Å². The smallest absolute Gasteiger partial charge is 0.330 e. The summed E-state index contributed by atoms with van der Waals surface area (Å²) in [4.78, 5) is 24.2. The summed E-state index contributed by atoms with van der Waals surface area (Å²) in [6.07, 6.45) is 0.918. The van der Waals surface area contributed by atoms with Crippen LogP contribution in [0.1, 0.15) is 22.9 Å². The van der Waals surface area contributed by atoms with Crippen LogP contribution < -0.4 is 5.32 Å². The summed E-state index contributed by atoms with van der Waals surface area (Å²) in [6, 6.07) is 11.6. The number of carbonyl (C=O) groups is 2. The molecule has 2 N–H and O–H groups in total. The predicted octanol–water partition coefficient (Wildman–Crippen LogP) is 2.62. The third-order valence-corrected chi connectivity index (χ3v) is 3.80. The molecule has 20 heavy (non-hydrogen) atoms. The zero-order valence-electron chi connectivity index (χ0n) is 10.8. The largest absolute Gasteiger partial charge is 0.479 e. The fourth-order valence-corrected chi connectivity index (χ4v) is 2.57. The number of carboxylic acids is 1. The molecule has 0 radical (unpaired) electrons. The van der Waals surface area contributed by atoms with Crippen molar-refractivity contribution in [3.63, 3.8) is 0 Å². The monoisotopic (exact) mass is 289 g/mol. The Morgan fingerprint density at radius 2 is 1.90 bits per heavy atom. The van der Waals surface area contributed by atoms with E-state index in [9.17, 15) is 14.7 Å². The molecule has 1 unspecified atom stereocenters. The average Bonchev–Trinajstić information content (AvgIpc) is 2.96. The lowest BCUT2D eigenvalue weighted by Gasteiger charge is -2.14. The number of benzene rings is 1. The summed E-state index contributed by atoms with van der Waals surface area (Å²) >= 11 is 1.59. The summed E-state index contributed by atoms with van der Waals surface area (Å²) in [5.74, 6) is -1.31. The Bertz CT molecular complexity index is 566. The lowest BCUT2D eigenvalue weighted by atomic mass is 10.1. The summed E-state index contributed by atoms with van der Waals surface area (Å²) in [6.45, 7) is 0. The quantitative estimate of drug-likeness (QED) is 0.859. The minimum absolute atomic E-state index is 0.255. The predicted molar refractivity (Wildman–Crippen MR) is 77.6 cm³/mol. The molecule has 1 atom stereocenters. The van der Waals surface area contributed by atoms with Gasteiger partial charge >= 0.3 is 5.97 Å². The molecule has 2 rings (SSSR count). The molecule has 0 saturated heterocycles. The summed E-state index contributed by atoms with van der Waals surface area (Å²) in [5, 5.41) is 13.7. The second-order valence-electron chi connectivity index (χ2n) is 4.33. The van der Waals surface area contributed by atoms with Gasteiger partial charge in [0.1, 0.15) is 0 Å². The first kappa shape index (κ1) is 14.3. The molecule has 1 heterocycles. The number of hydrogen-bond donors (Lipinski definition) is 2. The van der Waals surface area contributed by atoms with Crippen molar-refractivity contribution in [3.05, 3.63) is 58.3 Å². The highest BCUT2D eigenvalue weighted by atomic mass is 32.1. The molecule has 0 fully saturated rings. The third-order valence-electron chi connectivity index (χ3n) is 2.86. The summed E-state index contributed by atoms with van der Waals surface area (Å²) in [7, 11) is 0. The van der Waals surface area contributed by atoms with Crippen LogP contribution in [-0.4, -0.2) is 17.0 Å². The van der Waals surface area contributed by atoms with E-state index in [1.165, 1.54) is 0 Å². The minimum Gasteiger partial charge on any atom is -0.479 e. The molecule has 1 aromatic carbocycles. The minimum atomic E-state index is -1.05. The Kier molecular flexibility index (Phi) is 4.90. The molecule has 5 heteroatoms. The molecular weight excluding hydrogens is 274 g/mol. The molecule has 1 aromatic heterocycles. The van der Waals surface area contributed by atoms with Gasteiger partial charge in [0.15, 0.2) is 6.04 Å². The molecule has 0 aliphatic carbocycles. The highest BCUT2D eigenvalue weighted by Gasteiger charge is 2.21. The van der Waals surface area contributed by atoms with Gasteiger partial charge < -0.3 is 10.4 Å². The van der Waals surface area contributed by atoms with Gasteiger partial charge in [0.25, 0.3) is 0 Å². The SMILES string of the molecule is O=C(CCc1cccs1)NC(C(=O)O)c1ccccc1. The Morgan fingerprint density at radius 1 is 1.15 bits per heavy atom. The molecule has 104 valence electrons. The van der Waals surface area contributed by atoms with E-state index >= 15 is 0 Å². The van der Waals surface area contributed by atoms with Crippen LogP contribution in [-0.2, 0) is 16.0 Å². The van der Waals surface area contributed by atoms with Crippen molar-refractivity contribution in [2.75, 3.05) is 0 Å². The molecule has 0 bridgehead atoms. The zero-order valence-corrected chi connectivity index (χ0v) is 11.6. The van der Waals surface area contributed by atoms with Gasteiger partial charge in [-0.25, -0.2) is 4.79 Å². The first-order valence-corrected chi connectivity index (χ1v) is 7.14. The van der Waals surface area contributed by atoms with Crippen LogP contribution in [0.15, 0.2) is 47.8 Å². The van der Waals surface area contributed by atoms with Crippen molar-refractivity contribution in [2.45, 2.75) is 18.9 Å². The fraction of sp³-hybridized carbons (Fsp3) is 0.200. The zero-order chi connectivity index (χ0) is 14.4. The van der Waals surface area contributed by atoms with Crippen molar-refractivity contribution >= 4 is 23.2 Å². The van der Waals surface area contributed by atoms with Crippen LogP contribution >= 0.6 is 11.3 Å². The Balaban J connectivity index is 1.95. The number of aryl methyl sites for hydroxylation is 1. The topological polar surface area (TPSA) is 66.4 Å². The van der Waals surface area contributed by atoms with Crippen LogP contribution in [0, 0.1) is 0 Å². The Labute approximate surface area is 121 Å². The lowest BCUT2D eigenvalue weighted by molar-refractivity contribution is -0.142. The first-order valence-electron chi connectivity index (χ1n) is 6.26. The fourth-order valence-electron chi connectivity index (χ4n) is 1.86. The van der Waals surface area contributed by atoms with Gasteiger partial charge in [0.05, 0.1) is 0 Å². The second-order valence-corrected chi connectivity index (χ2v) is 5.36. The standard InChI is InChI=1S/C15H15NO3S/c17-13(9-8-12-7-4-10-20-12)16-14(15(18)19)11-5-2-1-3-6-11/h1-7,10,14H,8-9H2,(H,16,17)(H,18,19). The van der Waals surface area contributed by atoms with E-state index in [1.54, 1.807) is 41.7 Å².